The normalized spacial score (nSPS) is 18.0. The largest absolute Gasteiger partial charge is 0.491 e. The molecule has 1 atom stereocenters. The molecule has 9 heteroatoms. The second kappa shape index (κ2) is 13.3. The van der Waals surface area contributed by atoms with Crippen LogP contribution in [0.4, 0.5) is 5.82 Å². The van der Waals surface area contributed by atoms with E-state index in [9.17, 15) is 0 Å². The van der Waals surface area contributed by atoms with Crippen molar-refractivity contribution in [1.29, 1.82) is 0 Å². The van der Waals surface area contributed by atoms with Crippen molar-refractivity contribution >= 4 is 11.5 Å². The third kappa shape index (κ3) is 7.25. The highest BCUT2D eigenvalue weighted by Crippen LogP contribution is 2.28. The fourth-order valence-corrected chi connectivity index (χ4v) is 4.79. The molecule has 1 fully saturated rings. The molecular formula is C28H41N5O4. The first kappa shape index (κ1) is 27.4. The van der Waals surface area contributed by atoms with Gasteiger partial charge in [-0.05, 0) is 52.3 Å². The average Bonchev–Trinajstić information content (AvgIpc) is 3.30. The lowest BCUT2D eigenvalue weighted by molar-refractivity contribution is -0.168. The SMILES string of the molecule is CCOC(COCCN1CCN(c2cc(C3=NCc4ccc(OC(C)C)cc43)ncn2)C[C@@H]1C)OCC. The van der Waals surface area contributed by atoms with Gasteiger partial charge in [-0.2, -0.15) is 0 Å². The van der Waals surface area contributed by atoms with Crippen molar-refractivity contribution in [3.63, 3.8) is 0 Å². The summed E-state index contributed by atoms with van der Waals surface area (Å²) in [7, 11) is 0. The van der Waals surface area contributed by atoms with Gasteiger partial charge >= 0.3 is 0 Å². The van der Waals surface area contributed by atoms with Crippen molar-refractivity contribution in [3.05, 3.63) is 47.4 Å². The Bertz CT molecular complexity index is 1040. The van der Waals surface area contributed by atoms with Crippen molar-refractivity contribution in [2.75, 3.05) is 57.5 Å². The third-order valence-corrected chi connectivity index (χ3v) is 6.58. The number of nitrogens with zero attached hydrogens (tertiary/aromatic N) is 5. The van der Waals surface area contributed by atoms with Crippen LogP contribution in [0.5, 0.6) is 5.75 Å². The second-order valence-electron chi connectivity index (χ2n) is 9.66. The lowest BCUT2D eigenvalue weighted by Crippen LogP contribution is -2.53. The van der Waals surface area contributed by atoms with Gasteiger partial charge in [-0.15, -0.1) is 0 Å². The number of anilines is 1. The molecule has 1 saturated heterocycles. The number of hydrogen-bond donors (Lipinski definition) is 0. The van der Waals surface area contributed by atoms with E-state index >= 15 is 0 Å². The van der Waals surface area contributed by atoms with E-state index in [0.29, 0.717) is 39.0 Å². The molecule has 2 aromatic rings. The van der Waals surface area contributed by atoms with Crippen LogP contribution in [0.2, 0.25) is 0 Å². The zero-order chi connectivity index (χ0) is 26.2. The number of ether oxygens (including phenoxy) is 4. The van der Waals surface area contributed by atoms with Crippen LogP contribution in [-0.4, -0.2) is 91.6 Å². The molecule has 2 aliphatic rings. The molecular weight excluding hydrogens is 470 g/mol. The lowest BCUT2D eigenvalue weighted by Gasteiger charge is -2.40. The molecule has 0 saturated carbocycles. The molecule has 2 aliphatic heterocycles. The molecule has 0 bridgehead atoms. The monoisotopic (exact) mass is 511 g/mol. The summed E-state index contributed by atoms with van der Waals surface area (Å²) in [6.07, 6.45) is 1.49. The van der Waals surface area contributed by atoms with Crippen molar-refractivity contribution in [2.45, 2.75) is 59.6 Å². The van der Waals surface area contributed by atoms with E-state index in [4.69, 9.17) is 23.9 Å². The maximum absolute atomic E-state index is 5.91. The fraction of sp³-hybridized carbons (Fsp3) is 0.607. The van der Waals surface area contributed by atoms with Gasteiger partial charge < -0.3 is 23.8 Å². The minimum Gasteiger partial charge on any atom is -0.491 e. The number of rotatable bonds is 13. The number of aliphatic imine (C=N–C) groups is 1. The summed E-state index contributed by atoms with van der Waals surface area (Å²) in [6.45, 7) is 16.9. The maximum atomic E-state index is 5.91. The van der Waals surface area contributed by atoms with Gasteiger partial charge in [0.1, 0.15) is 17.9 Å². The third-order valence-electron chi connectivity index (χ3n) is 6.58. The highest BCUT2D eigenvalue weighted by molar-refractivity contribution is 6.14. The number of fused-ring (bicyclic) bond motifs is 1. The van der Waals surface area contributed by atoms with E-state index in [2.05, 4.69) is 44.9 Å². The predicted molar refractivity (Wildman–Crippen MR) is 145 cm³/mol. The van der Waals surface area contributed by atoms with Crippen molar-refractivity contribution < 1.29 is 18.9 Å². The molecule has 3 heterocycles. The molecule has 0 radical (unpaired) electrons. The van der Waals surface area contributed by atoms with Crippen LogP contribution in [0.1, 0.15) is 51.4 Å². The van der Waals surface area contributed by atoms with Gasteiger partial charge in [0.05, 0.1) is 37.3 Å². The first-order valence-electron chi connectivity index (χ1n) is 13.4. The zero-order valence-corrected chi connectivity index (χ0v) is 22.9. The Balaban J connectivity index is 1.33. The predicted octanol–water partition coefficient (Wildman–Crippen LogP) is 3.54. The van der Waals surface area contributed by atoms with Crippen LogP contribution in [0.3, 0.4) is 0 Å². The van der Waals surface area contributed by atoms with Crippen LogP contribution >= 0.6 is 0 Å². The average molecular weight is 512 g/mol. The van der Waals surface area contributed by atoms with E-state index in [1.54, 1.807) is 6.33 Å². The van der Waals surface area contributed by atoms with E-state index in [-0.39, 0.29) is 12.4 Å². The first-order valence-corrected chi connectivity index (χ1v) is 13.4. The molecule has 4 rings (SSSR count). The Morgan fingerprint density at radius 2 is 1.86 bits per heavy atom. The second-order valence-corrected chi connectivity index (χ2v) is 9.66. The summed E-state index contributed by atoms with van der Waals surface area (Å²) < 4.78 is 22.9. The molecule has 37 heavy (non-hydrogen) atoms. The molecule has 1 aromatic heterocycles. The highest BCUT2D eigenvalue weighted by atomic mass is 16.7. The van der Waals surface area contributed by atoms with Crippen molar-refractivity contribution in [1.82, 2.24) is 14.9 Å². The Morgan fingerprint density at radius 1 is 1.05 bits per heavy atom. The van der Waals surface area contributed by atoms with Gasteiger partial charge in [0.2, 0.25) is 0 Å². The van der Waals surface area contributed by atoms with Gasteiger partial charge in [-0.25, -0.2) is 9.97 Å². The van der Waals surface area contributed by atoms with Gasteiger partial charge in [-0.1, -0.05) is 6.07 Å². The number of aromatic nitrogens is 2. The van der Waals surface area contributed by atoms with E-state index in [1.807, 2.05) is 33.8 Å². The minimum absolute atomic E-state index is 0.125. The van der Waals surface area contributed by atoms with Crippen LogP contribution < -0.4 is 9.64 Å². The van der Waals surface area contributed by atoms with Gasteiger partial charge in [0.25, 0.3) is 0 Å². The van der Waals surface area contributed by atoms with Gasteiger partial charge in [0, 0.05) is 57.1 Å². The van der Waals surface area contributed by atoms with Crippen LogP contribution in [0, 0.1) is 0 Å². The van der Waals surface area contributed by atoms with E-state index in [1.165, 1.54) is 5.56 Å². The molecule has 1 aromatic carbocycles. The highest BCUT2D eigenvalue weighted by Gasteiger charge is 2.26. The molecule has 9 nitrogen and oxygen atoms in total. The summed E-state index contributed by atoms with van der Waals surface area (Å²) in [5, 5.41) is 0. The fourth-order valence-electron chi connectivity index (χ4n) is 4.79. The molecule has 0 N–H and O–H groups in total. The maximum Gasteiger partial charge on any atom is 0.180 e. The van der Waals surface area contributed by atoms with Crippen molar-refractivity contribution in [3.8, 4) is 5.75 Å². The molecule has 202 valence electrons. The van der Waals surface area contributed by atoms with Crippen LogP contribution in [0.25, 0.3) is 0 Å². The number of hydrogen-bond acceptors (Lipinski definition) is 9. The van der Waals surface area contributed by atoms with Crippen LogP contribution in [-0.2, 0) is 20.8 Å². The molecule has 0 spiro atoms. The Hall–Kier alpha value is -2.59. The molecule has 0 aliphatic carbocycles. The molecule has 0 unspecified atom stereocenters. The summed E-state index contributed by atoms with van der Waals surface area (Å²) >= 11 is 0. The van der Waals surface area contributed by atoms with Crippen molar-refractivity contribution in [2.24, 2.45) is 4.99 Å². The van der Waals surface area contributed by atoms with E-state index < -0.39 is 0 Å². The first-order chi connectivity index (χ1) is 18.0. The van der Waals surface area contributed by atoms with E-state index in [0.717, 1.165) is 54.7 Å². The smallest absolute Gasteiger partial charge is 0.180 e. The zero-order valence-electron chi connectivity index (χ0n) is 22.9. The number of piperazine rings is 1. The summed E-state index contributed by atoms with van der Waals surface area (Å²) in [4.78, 5) is 18.8. The Morgan fingerprint density at radius 3 is 2.59 bits per heavy atom. The molecule has 0 amide bonds. The minimum atomic E-state index is -0.290. The summed E-state index contributed by atoms with van der Waals surface area (Å²) in [5.41, 5.74) is 4.06. The van der Waals surface area contributed by atoms with Gasteiger partial charge in [0.15, 0.2) is 6.29 Å². The summed E-state index contributed by atoms with van der Waals surface area (Å²) in [6, 6.07) is 8.65. The van der Waals surface area contributed by atoms with Crippen LogP contribution in [0.15, 0.2) is 35.6 Å². The quantitative estimate of drug-likeness (QED) is 0.298. The summed E-state index contributed by atoms with van der Waals surface area (Å²) in [5.74, 6) is 1.80. The topological polar surface area (TPSA) is 81.5 Å². The lowest BCUT2D eigenvalue weighted by atomic mass is 10.0. The number of benzene rings is 1. The standard InChI is InChI=1S/C28H41N5O4/c1-6-35-27(36-7-2)18-34-13-12-32-10-11-33(17-21(32)5)26-15-25(30-19-31-26)28-24-14-23(37-20(3)4)9-8-22(24)16-29-28/h8-9,14-15,19-21,27H,6-7,10-13,16-18H2,1-5H3/t21-/m0/s1. The Labute approximate surface area is 220 Å². The Kier molecular flexibility index (Phi) is 9.85. The van der Waals surface area contributed by atoms with Gasteiger partial charge in [-0.3, -0.25) is 9.89 Å².